The van der Waals surface area contributed by atoms with Crippen molar-refractivity contribution in [3.05, 3.63) is 0 Å². The Kier molecular flexibility index (Phi) is 3.75. The van der Waals surface area contributed by atoms with Crippen LogP contribution in [0.3, 0.4) is 0 Å². The lowest BCUT2D eigenvalue weighted by molar-refractivity contribution is -0.150. The van der Waals surface area contributed by atoms with Crippen molar-refractivity contribution in [3.8, 4) is 0 Å². The summed E-state index contributed by atoms with van der Waals surface area (Å²) >= 11 is 5.01. The van der Waals surface area contributed by atoms with Gasteiger partial charge in [-0.15, -0.1) is 0 Å². The summed E-state index contributed by atoms with van der Waals surface area (Å²) in [7, 11) is 0. The van der Waals surface area contributed by atoms with E-state index in [1.807, 2.05) is 0 Å². The van der Waals surface area contributed by atoms with Gasteiger partial charge >= 0.3 is 5.97 Å². The Morgan fingerprint density at radius 1 is 1.91 bits per heavy atom. The Hall–Kier alpha value is -0.350. The minimum absolute atomic E-state index is 0.162. The predicted molar refractivity (Wildman–Crippen MR) is 40.0 cm³/mol. The van der Waals surface area contributed by atoms with Gasteiger partial charge in [-0.1, -0.05) is 11.6 Å². The van der Waals surface area contributed by atoms with Gasteiger partial charge < -0.3 is 10.5 Å². The maximum absolute atomic E-state index is 12.4. The summed E-state index contributed by atoms with van der Waals surface area (Å²) < 4.78 is 16.9. The van der Waals surface area contributed by atoms with Gasteiger partial charge in [-0.3, -0.25) is 0 Å². The monoisotopic (exact) mass is 183 g/mol. The summed E-state index contributed by atoms with van der Waals surface area (Å²) in [6, 6.07) is 0. The second-order valence-corrected chi connectivity index (χ2v) is 2.69. The van der Waals surface area contributed by atoms with E-state index >= 15 is 0 Å². The highest BCUT2D eigenvalue weighted by atomic mass is 35.5. The SMILES string of the molecule is CCOC(=O)C(C)(N)C(F)Cl. The van der Waals surface area contributed by atoms with Crippen LogP contribution in [0.1, 0.15) is 13.8 Å². The molecule has 2 N–H and O–H groups in total. The second-order valence-electron chi connectivity index (χ2n) is 2.30. The average molecular weight is 184 g/mol. The van der Waals surface area contributed by atoms with Crippen LogP contribution in [-0.2, 0) is 9.53 Å². The van der Waals surface area contributed by atoms with Gasteiger partial charge in [0.2, 0.25) is 5.63 Å². The van der Waals surface area contributed by atoms with Gasteiger partial charge in [0, 0.05) is 0 Å². The van der Waals surface area contributed by atoms with Gasteiger partial charge in [0.15, 0.2) is 5.54 Å². The van der Waals surface area contributed by atoms with E-state index in [9.17, 15) is 9.18 Å². The first-order valence-electron chi connectivity index (χ1n) is 3.17. The van der Waals surface area contributed by atoms with Crippen molar-refractivity contribution in [2.75, 3.05) is 6.61 Å². The van der Waals surface area contributed by atoms with Crippen molar-refractivity contribution >= 4 is 17.6 Å². The Labute approximate surface area is 69.6 Å². The number of halogens is 2. The van der Waals surface area contributed by atoms with Crippen LogP contribution in [0.15, 0.2) is 0 Å². The van der Waals surface area contributed by atoms with Crippen LogP contribution >= 0.6 is 11.6 Å². The average Bonchev–Trinajstić information content (AvgIpc) is 1.88. The molecule has 0 rings (SSSR count). The maximum Gasteiger partial charge on any atom is 0.330 e. The van der Waals surface area contributed by atoms with E-state index in [1.54, 1.807) is 6.92 Å². The number of hydrogen-bond donors (Lipinski definition) is 1. The number of carbonyl (C=O) groups is 1. The van der Waals surface area contributed by atoms with Crippen LogP contribution in [0, 0.1) is 0 Å². The van der Waals surface area contributed by atoms with Gasteiger partial charge in [0.25, 0.3) is 0 Å². The molecule has 0 saturated heterocycles. The third kappa shape index (κ3) is 2.63. The van der Waals surface area contributed by atoms with E-state index in [0.29, 0.717) is 0 Å². The third-order valence-corrected chi connectivity index (χ3v) is 1.62. The lowest BCUT2D eigenvalue weighted by Gasteiger charge is -2.21. The van der Waals surface area contributed by atoms with Crippen molar-refractivity contribution in [2.45, 2.75) is 25.0 Å². The predicted octanol–water partition coefficient (Wildman–Crippen LogP) is 0.801. The van der Waals surface area contributed by atoms with Crippen LogP contribution in [0.2, 0.25) is 0 Å². The fraction of sp³-hybridized carbons (Fsp3) is 0.833. The number of carbonyl (C=O) groups excluding carboxylic acids is 1. The smallest absolute Gasteiger partial charge is 0.330 e. The quantitative estimate of drug-likeness (QED) is 0.520. The molecule has 0 aromatic heterocycles. The highest BCUT2D eigenvalue weighted by molar-refractivity contribution is 6.22. The summed E-state index contributed by atoms with van der Waals surface area (Å²) in [6.07, 6.45) is 0. The van der Waals surface area contributed by atoms with Gasteiger partial charge in [-0.2, -0.15) is 0 Å². The van der Waals surface area contributed by atoms with Gasteiger partial charge in [-0.25, -0.2) is 9.18 Å². The van der Waals surface area contributed by atoms with E-state index in [4.69, 9.17) is 17.3 Å². The molecule has 0 spiro atoms. The fourth-order valence-corrected chi connectivity index (χ4v) is 0.465. The van der Waals surface area contributed by atoms with Crippen molar-refractivity contribution in [3.63, 3.8) is 0 Å². The Morgan fingerprint density at radius 3 is 2.64 bits per heavy atom. The summed E-state index contributed by atoms with van der Waals surface area (Å²) in [4.78, 5) is 10.8. The number of rotatable bonds is 3. The fourth-order valence-electron chi connectivity index (χ4n) is 0.376. The van der Waals surface area contributed by atoms with Crippen LogP contribution < -0.4 is 5.73 Å². The summed E-state index contributed by atoms with van der Waals surface area (Å²) in [6.45, 7) is 2.95. The molecule has 0 aliphatic carbocycles. The first-order chi connectivity index (χ1) is 4.92. The first kappa shape index (κ1) is 10.7. The number of nitrogens with two attached hydrogens (primary N) is 1. The van der Waals surface area contributed by atoms with E-state index < -0.39 is 17.1 Å². The Balaban J connectivity index is 4.18. The van der Waals surface area contributed by atoms with Crippen molar-refractivity contribution < 1.29 is 13.9 Å². The highest BCUT2D eigenvalue weighted by Gasteiger charge is 2.38. The van der Waals surface area contributed by atoms with E-state index in [1.165, 1.54) is 6.92 Å². The molecule has 0 aliphatic rings. The zero-order valence-electron chi connectivity index (χ0n) is 6.43. The zero-order chi connectivity index (χ0) is 9.07. The molecule has 0 amide bonds. The van der Waals surface area contributed by atoms with Crippen LogP contribution in [0.4, 0.5) is 4.39 Å². The van der Waals surface area contributed by atoms with Crippen molar-refractivity contribution in [2.24, 2.45) is 5.73 Å². The molecule has 0 heterocycles. The maximum atomic E-state index is 12.4. The lowest BCUT2D eigenvalue weighted by Crippen LogP contribution is -2.51. The zero-order valence-corrected chi connectivity index (χ0v) is 7.19. The van der Waals surface area contributed by atoms with Gasteiger partial charge in [-0.05, 0) is 13.8 Å². The highest BCUT2D eigenvalue weighted by Crippen LogP contribution is 2.15. The normalized spacial score (nSPS) is 18.6. The molecule has 2 atom stereocenters. The van der Waals surface area contributed by atoms with Crippen LogP contribution in [0.25, 0.3) is 0 Å². The topological polar surface area (TPSA) is 52.3 Å². The molecule has 0 radical (unpaired) electrons. The molecule has 0 saturated carbocycles. The summed E-state index contributed by atoms with van der Waals surface area (Å²) in [5.41, 5.74) is 1.53. The number of alkyl halides is 2. The third-order valence-electron chi connectivity index (χ3n) is 1.17. The molecular weight excluding hydrogens is 173 g/mol. The molecule has 11 heavy (non-hydrogen) atoms. The molecular formula is C6H11ClFNO2. The molecule has 3 nitrogen and oxygen atoms in total. The second kappa shape index (κ2) is 3.88. The van der Waals surface area contributed by atoms with E-state index in [0.717, 1.165) is 0 Å². The van der Waals surface area contributed by atoms with Crippen molar-refractivity contribution in [1.82, 2.24) is 0 Å². The largest absolute Gasteiger partial charge is 0.465 e. The molecule has 2 unspecified atom stereocenters. The molecule has 0 fully saturated rings. The molecule has 66 valence electrons. The molecule has 0 aliphatic heterocycles. The molecule has 0 aromatic rings. The Morgan fingerprint density at radius 2 is 2.36 bits per heavy atom. The van der Waals surface area contributed by atoms with E-state index in [-0.39, 0.29) is 6.61 Å². The standard InChI is InChI=1S/C6H11ClFNO2/c1-3-11-5(10)6(2,9)4(7)8/h4H,3,9H2,1-2H3. The minimum atomic E-state index is -1.93. The van der Waals surface area contributed by atoms with Crippen LogP contribution in [0.5, 0.6) is 0 Å². The lowest BCUT2D eigenvalue weighted by atomic mass is 10.1. The minimum Gasteiger partial charge on any atom is -0.465 e. The van der Waals surface area contributed by atoms with E-state index in [2.05, 4.69) is 4.74 Å². The molecule has 0 bridgehead atoms. The summed E-state index contributed by atoms with van der Waals surface area (Å²) in [5, 5.41) is 0. The van der Waals surface area contributed by atoms with Crippen LogP contribution in [-0.4, -0.2) is 23.7 Å². The van der Waals surface area contributed by atoms with Gasteiger partial charge in [0.05, 0.1) is 6.61 Å². The Bertz CT molecular complexity index is 150. The van der Waals surface area contributed by atoms with Crippen molar-refractivity contribution in [1.29, 1.82) is 0 Å². The number of hydrogen-bond acceptors (Lipinski definition) is 3. The van der Waals surface area contributed by atoms with Gasteiger partial charge in [0.1, 0.15) is 0 Å². The number of esters is 1. The molecule has 0 aromatic carbocycles. The molecule has 5 heteroatoms. The number of ether oxygens (including phenoxy) is 1. The summed E-state index contributed by atoms with van der Waals surface area (Å²) in [5.74, 6) is -0.831. The first-order valence-corrected chi connectivity index (χ1v) is 3.60.